The van der Waals surface area contributed by atoms with Crippen molar-refractivity contribution in [2.24, 2.45) is 5.41 Å². The van der Waals surface area contributed by atoms with Crippen molar-refractivity contribution in [3.8, 4) is 0 Å². The topological polar surface area (TPSA) is 54.9 Å². The maximum Gasteiger partial charge on any atom is 0.231 e. The van der Waals surface area contributed by atoms with Crippen molar-refractivity contribution in [3.63, 3.8) is 0 Å². The van der Waals surface area contributed by atoms with Gasteiger partial charge in [0.1, 0.15) is 5.15 Å². The highest BCUT2D eigenvalue weighted by Gasteiger charge is 2.25. The lowest BCUT2D eigenvalue weighted by Crippen LogP contribution is -2.30. The molecule has 82 valence electrons. The average Bonchev–Trinajstić information content (AvgIpc) is 2.17. The van der Waals surface area contributed by atoms with Crippen molar-refractivity contribution < 1.29 is 4.79 Å². The second kappa shape index (κ2) is 4.57. The van der Waals surface area contributed by atoms with E-state index in [9.17, 15) is 4.79 Å². The van der Waals surface area contributed by atoms with E-state index in [2.05, 4.69) is 15.3 Å². The molecule has 1 heterocycles. The summed E-state index contributed by atoms with van der Waals surface area (Å²) in [6.07, 6.45) is 3.64. The van der Waals surface area contributed by atoms with Gasteiger partial charge in [-0.1, -0.05) is 32.4 Å². The van der Waals surface area contributed by atoms with Gasteiger partial charge in [0.25, 0.3) is 0 Å². The molecule has 15 heavy (non-hydrogen) atoms. The van der Waals surface area contributed by atoms with Crippen molar-refractivity contribution >= 4 is 23.3 Å². The van der Waals surface area contributed by atoms with Gasteiger partial charge in [-0.25, -0.2) is 4.98 Å². The summed E-state index contributed by atoms with van der Waals surface area (Å²) in [6.45, 7) is 5.71. The normalized spacial score (nSPS) is 11.2. The lowest BCUT2D eigenvalue weighted by atomic mass is 9.89. The van der Waals surface area contributed by atoms with Crippen molar-refractivity contribution in [3.05, 3.63) is 17.5 Å². The van der Waals surface area contributed by atoms with Gasteiger partial charge in [0.05, 0.1) is 12.4 Å². The van der Waals surface area contributed by atoms with Gasteiger partial charge in [0.2, 0.25) is 5.91 Å². The first-order chi connectivity index (χ1) is 6.95. The lowest BCUT2D eigenvalue weighted by Gasteiger charge is -2.20. The second-order valence-electron chi connectivity index (χ2n) is 3.92. The summed E-state index contributed by atoms with van der Waals surface area (Å²) in [5.74, 6) is 0.301. The van der Waals surface area contributed by atoms with E-state index in [1.807, 2.05) is 20.8 Å². The highest BCUT2D eigenvalue weighted by Crippen LogP contribution is 2.21. The van der Waals surface area contributed by atoms with Crippen LogP contribution in [-0.2, 0) is 4.79 Å². The standard InChI is InChI=1S/C10H14ClN3O/c1-4-10(2,3)9(15)14-8-6-12-5-7(11)13-8/h5-6H,4H2,1-3H3,(H,13,14,15). The van der Waals surface area contributed by atoms with Gasteiger partial charge in [-0.05, 0) is 6.42 Å². The van der Waals surface area contributed by atoms with Crippen molar-refractivity contribution in [2.75, 3.05) is 5.32 Å². The molecular formula is C10H14ClN3O. The molecule has 0 atom stereocenters. The maximum atomic E-state index is 11.8. The third-order valence-corrected chi connectivity index (χ3v) is 2.53. The van der Waals surface area contributed by atoms with E-state index in [0.717, 1.165) is 6.42 Å². The molecule has 0 aliphatic carbocycles. The SMILES string of the molecule is CCC(C)(C)C(=O)Nc1cncc(Cl)n1. The monoisotopic (exact) mass is 227 g/mol. The number of carbonyl (C=O) groups excluding carboxylic acids is 1. The Morgan fingerprint density at radius 2 is 2.20 bits per heavy atom. The van der Waals surface area contributed by atoms with E-state index in [1.165, 1.54) is 12.4 Å². The van der Waals surface area contributed by atoms with Crippen molar-refractivity contribution in [2.45, 2.75) is 27.2 Å². The third-order valence-electron chi connectivity index (χ3n) is 2.35. The van der Waals surface area contributed by atoms with E-state index in [-0.39, 0.29) is 11.1 Å². The van der Waals surface area contributed by atoms with Gasteiger partial charge < -0.3 is 5.32 Å². The molecule has 0 radical (unpaired) electrons. The Labute approximate surface area is 94.1 Å². The van der Waals surface area contributed by atoms with Crippen LogP contribution >= 0.6 is 11.6 Å². The largest absolute Gasteiger partial charge is 0.309 e. The minimum absolute atomic E-state index is 0.0819. The predicted molar refractivity (Wildman–Crippen MR) is 59.7 cm³/mol. The molecule has 0 fully saturated rings. The van der Waals surface area contributed by atoms with Crippen LogP contribution in [-0.4, -0.2) is 15.9 Å². The van der Waals surface area contributed by atoms with Gasteiger partial charge in [0, 0.05) is 5.41 Å². The Kier molecular flexibility index (Phi) is 3.63. The number of amides is 1. The molecule has 1 N–H and O–H groups in total. The maximum absolute atomic E-state index is 11.8. The van der Waals surface area contributed by atoms with Gasteiger partial charge in [-0.2, -0.15) is 0 Å². The molecule has 1 rings (SSSR count). The van der Waals surface area contributed by atoms with Crippen LogP contribution in [0.2, 0.25) is 5.15 Å². The van der Waals surface area contributed by atoms with Crippen LogP contribution in [0.5, 0.6) is 0 Å². The minimum atomic E-state index is -0.413. The zero-order chi connectivity index (χ0) is 11.5. The summed E-state index contributed by atoms with van der Waals surface area (Å²) in [5, 5.41) is 2.94. The smallest absolute Gasteiger partial charge is 0.231 e. The van der Waals surface area contributed by atoms with Crippen LogP contribution in [0.1, 0.15) is 27.2 Å². The zero-order valence-electron chi connectivity index (χ0n) is 9.04. The van der Waals surface area contributed by atoms with Gasteiger partial charge in [0.15, 0.2) is 5.82 Å². The average molecular weight is 228 g/mol. The Hall–Kier alpha value is -1.16. The number of hydrogen-bond donors (Lipinski definition) is 1. The van der Waals surface area contributed by atoms with E-state index >= 15 is 0 Å². The van der Waals surface area contributed by atoms with Crippen molar-refractivity contribution in [1.29, 1.82) is 0 Å². The Morgan fingerprint density at radius 3 is 2.73 bits per heavy atom. The van der Waals surface area contributed by atoms with Crippen LogP contribution in [0, 0.1) is 5.41 Å². The summed E-state index contributed by atoms with van der Waals surface area (Å²) in [7, 11) is 0. The molecule has 5 heteroatoms. The summed E-state index contributed by atoms with van der Waals surface area (Å²) in [4.78, 5) is 19.5. The fraction of sp³-hybridized carbons (Fsp3) is 0.500. The van der Waals surface area contributed by atoms with Crippen LogP contribution in [0.3, 0.4) is 0 Å². The summed E-state index contributed by atoms with van der Waals surface area (Å²) >= 11 is 5.65. The predicted octanol–water partition coefficient (Wildman–Crippen LogP) is 2.50. The molecule has 4 nitrogen and oxygen atoms in total. The molecule has 0 saturated carbocycles. The Morgan fingerprint density at radius 1 is 1.53 bits per heavy atom. The number of halogens is 1. The van der Waals surface area contributed by atoms with Gasteiger partial charge in [-0.3, -0.25) is 9.78 Å². The zero-order valence-corrected chi connectivity index (χ0v) is 9.80. The second-order valence-corrected chi connectivity index (χ2v) is 4.31. The molecule has 0 saturated heterocycles. The number of nitrogens with zero attached hydrogens (tertiary/aromatic N) is 2. The quantitative estimate of drug-likeness (QED) is 0.863. The van der Waals surface area contributed by atoms with E-state index in [4.69, 9.17) is 11.6 Å². The molecular weight excluding hydrogens is 214 g/mol. The first kappa shape index (κ1) is 11.9. The fourth-order valence-electron chi connectivity index (χ4n) is 0.848. The minimum Gasteiger partial charge on any atom is -0.309 e. The molecule has 0 aliphatic heterocycles. The highest BCUT2D eigenvalue weighted by molar-refractivity contribution is 6.29. The molecule has 1 aromatic heterocycles. The third kappa shape index (κ3) is 3.16. The van der Waals surface area contributed by atoms with Crippen LogP contribution in [0.4, 0.5) is 5.82 Å². The highest BCUT2D eigenvalue weighted by atomic mass is 35.5. The Balaban J connectivity index is 2.75. The summed E-state index contributed by atoms with van der Waals surface area (Å²) < 4.78 is 0. The van der Waals surface area contributed by atoms with E-state index in [0.29, 0.717) is 5.82 Å². The number of aromatic nitrogens is 2. The molecule has 0 spiro atoms. The summed E-state index contributed by atoms with van der Waals surface area (Å²) in [6, 6.07) is 0. The van der Waals surface area contributed by atoms with Crippen LogP contribution in [0.25, 0.3) is 0 Å². The molecule has 1 amide bonds. The van der Waals surface area contributed by atoms with Crippen LogP contribution in [0.15, 0.2) is 12.4 Å². The van der Waals surface area contributed by atoms with Crippen molar-refractivity contribution in [1.82, 2.24) is 9.97 Å². The molecule has 0 aliphatic rings. The first-order valence-corrected chi connectivity index (χ1v) is 5.12. The van der Waals surface area contributed by atoms with Gasteiger partial charge in [-0.15, -0.1) is 0 Å². The molecule has 0 bridgehead atoms. The fourth-order valence-corrected chi connectivity index (χ4v) is 0.996. The van der Waals surface area contributed by atoms with Gasteiger partial charge >= 0.3 is 0 Å². The lowest BCUT2D eigenvalue weighted by molar-refractivity contribution is -0.124. The number of nitrogens with one attached hydrogen (secondary N) is 1. The van der Waals surface area contributed by atoms with E-state index in [1.54, 1.807) is 0 Å². The summed E-state index contributed by atoms with van der Waals surface area (Å²) in [5.41, 5.74) is -0.413. The molecule has 0 unspecified atom stereocenters. The molecule has 1 aromatic rings. The first-order valence-electron chi connectivity index (χ1n) is 4.74. The number of carbonyl (C=O) groups is 1. The van der Waals surface area contributed by atoms with E-state index < -0.39 is 5.41 Å². The number of anilines is 1. The van der Waals surface area contributed by atoms with Crippen LogP contribution < -0.4 is 5.32 Å². The Bertz CT molecular complexity index is 365. The molecule has 0 aromatic carbocycles. The number of rotatable bonds is 3. The number of hydrogen-bond acceptors (Lipinski definition) is 3.